The van der Waals surface area contributed by atoms with E-state index in [4.69, 9.17) is 4.74 Å². The third-order valence-electron chi connectivity index (χ3n) is 7.64. The number of halogens is 3. The molecule has 0 atom stereocenters. The molecule has 0 bridgehead atoms. The van der Waals surface area contributed by atoms with E-state index in [2.05, 4.69) is 44.7 Å². The third-order valence-corrected chi connectivity index (χ3v) is 7.64. The van der Waals surface area contributed by atoms with Crippen molar-refractivity contribution in [1.82, 2.24) is 0 Å². The van der Waals surface area contributed by atoms with Gasteiger partial charge in [-0.05, 0) is 89.7 Å². The number of rotatable bonds is 7. The largest absolute Gasteiger partial charge is 0.462 e. The third kappa shape index (κ3) is 5.51. The second-order valence-corrected chi connectivity index (χ2v) is 11.1. The molecular formula is C35H32F3NO2. The second kappa shape index (κ2) is 10.6. The van der Waals surface area contributed by atoms with Crippen molar-refractivity contribution in [1.29, 1.82) is 0 Å². The lowest BCUT2D eigenvalue weighted by Gasteiger charge is -2.29. The average Bonchev–Trinajstić information content (AvgIpc) is 3.15. The van der Waals surface area contributed by atoms with Crippen molar-refractivity contribution >= 4 is 23.0 Å². The number of alkyl halides is 3. The summed E-state index contributed by atoms with van der Waals surface area (Å²) >= 11 is 0. The van der Waals surface area contributed by atoms with Crippen LogP contribution in [0.3, 0.4) is 0 Å². The van der Waals surface area contributed by atoms with Crippen LogP contribution < -0.4 is 4.90 Å². The molecule has 210 valence electrons. The van der Waals surface area contributed by atoms with Crippen LogP contribution >= 0.6 is 0 Å². The highest BCUT2D eigenvalue weighted by atomic mass is 19.4. The van der Waals surface area contributed by atoms with Gasteiger partial charge < -0.3 is 9.64 Å². The van der Waals surface area contributed by atoms with Crippen molar-refractivity contribution in [3.05, 3.63) is 125 Å². The molecule has 0 saturated heterocycles. The number of carbonyl (C=O) groups is 1. The topological polar surface area (TPSA) is 29.5 Å². The number of ether oxygens (including phenoxy) is 1. The van der Waals surface area contributed by atoms with E-state index in [0.717, 1.165) is 28.1 Å². The van der Waals surface area contributed by atoms with Crippen LogP contribution in [0.4, 0.5) is 30.2 Å². The van der Waals surface area contributed by atoms with Gasteiger partial charge in [-0.2, -0.15) is 13.2 Å². The first-order valence-electron chi connectivity index (χ1n) is 13.5. The Balaban J connectivity index is 1.57. The summed E-state index contributed by atoms with van der Waals surface area (Å²) in [6.07, 6.45) is -3.97. The van der Waals surface area contributed by atoms with E-state index < -0.39 is 17.7 Å². The van der Waals surface area contributed by atoms with Crippen LogP contribution in [0.1, 0.15) is 48.6 Å². The maximum absolute atomic E-state index is 13.9. The SMILES string of the molecule is C=C(C)C(=O)OCCc1ccc(N(c2cc(C)cc(C(F)(F)F)c2)c2ccc3c(c2)C(C)(C)c2ccccc2-3)cc1. The summed E-state index contributed by atoms with van der Waals surface area (Å²) in [7, 11) is 0. The van der Waals surface area contributed by atoms with Crippen molar-refractivity contribution < 1.29 is 22.7 Å². The molecule has 41 heavy (non-hydrogen) atoms. The van der Waals surface area contributed by atoms with E-state index in [9.17, 15) is 18.0 Å². The first kappa shape index (κ1) is 28.2. The second-order valence-electron chi connectivity index (χ2n) is 11.1. The van der Waals surface area contributed by atoms with Crippen LogP contribution in [0.15, 0.2) is 97.1 Å². The fraction of sp³-hybridized carbons (Fsp3) is 0.229. The maximum atomic E-state index is 13.9. The zero-order valence-electron chi connectivity index (χ0n) is 23.6. The molecule has 0 amide bonds. The molecule has 0 saturated carbocycles. The highest BCUT2D eigenvalue weighted by Gasteiger charge is 2.36. The molecule has 4 aromatic rings. The van der Waals surface area contributed by atoms with Crippen molar-refractivity contribution in [3.8, 4) is 11.1 Å². The highest BCUT2D eigenvalue weighted by molar-refractivity contribution is 5.87. The molecule has 0 spiro atoms. The Bertz CT molecular complexity index is 1630. The van der Waals surface area contributed by atoms with Crippen molar-refractivity contribution in [3.63, 3.8) is 0 Å². The minimum atomic E-state index is -4.47. The van der Waals surface area contributed by atoms with Gasteiger partial charge >= 0.3 is 12.1 Å². The standard InChI is InChI=1S/C35H32F3NO2/c1-22(2)33(40)41-17-16-24-10-12-26(13-11-24)39(28-19-23(3)18-25(20-28)35(36,37)38)27-14-15-30-29-8-6-7-9-31(29)34(4,5)32(30)21-27/h6-15,18-21H,1,16-17H2,2-5H3. The van der Waals surface area contributed by atoms with Gasteiger partial charge in [-0.1, -0.05) is 62.9 Å². The van der Waals surface area contributed by atoms with Crippen LogP contribution in [0.25, 0.3) is 11.1 Å². The molecule has 0 fully saturated rings. The lowest BCUT2D eigenvalue weighted by molar-refractivity contribution is -0.139. The minimum absolute atomic E-state index is 0.210. The lowest BCUT2D eigenvalue weighted by atomic mass is 9.82. The van der Waals surface area contributed by atoms with E-state index in [1.54, 1.807) is 19.9 Å². The Hall–Kier alpha value is -4.32. The van der Waals surface area contributed by atoms with E-state index in [1.807, 2.05) is 47.4 Å². The van der Waals surface area contributed by atoms with Crippen LogP contribution in [-0.4, -0.2) is 12.6 Å². The minimum Gasteiger partial charge on any atom is -0.462 e. The molecule has 0 aromatic heterocycles. The predicted molar refractivity (Wildman–Crippen MR) is 158 cm³/mol. The zero-order valence-corrected chi connectivity index (χ0v) is 23.6. The molecule has 4 aromatic carbocycles. The summed E-state index contributed by atoms with van der Waals surface area (Å²) in [5.74, 6) is -0.436. The number of aryl methyl sites for hydroxylation is 1. The molecule has 3 nitrogen and oxygen atoms in total. The van der Waals surface area contributed by atoms with Gasteiger partial charge in [-0.3, -0.25) is 0 Å². The number of fused-ring (bicyclic) bond motifs is 3. The van der Waals surface area contributed by atoms with Gasteiger partial charge in [-0.15, -0.1) is 0 Å². The smallest absolute Gasteiger partial charge is 0.416 e. The van der Waals surface area contributed by atoms with Crippen molar-refractivity contribution in [2.24, 2.45) is 0 Å². The van der Waals surface area contributed by atoms with Gasteiger partial charge in [0.05, 0.1) is 12.2 Å². The molecule has 0 unspecified atom stereocenters. The Kier molecular flexibility index (Phi) is 7.28. The molecule has 0 N–H and O–H groups in total. The Morgan fingerprint density at radius 1 is 0.854 bits per heavy atom. The van der Waals surface area contributed by atoms with Crippen LogP contribution in [-0.2, 0) is 27.5 Å². The Labute approximate surface area is 238 Å². The fourth-order valence-corrected chi connectivity index (χ4v) is 5.53. The van der Waals surface area contributed by atoms with Crippen molar-refractivity contribution in [2.45, 2.75) is 45.7 Å². The molecule has 1 aliphatic carbocycles. The predicted octanol–water partition coefficient (Wildman–Crippen LogP) is 9.45. The summed E-state index contributed by atoms with van der Waals surface area (Å²) in [5, 5.41) is 0. The van der Waals surface area contributed by atoms with Gasteiger partial charge in [0.25, 0.3) is 0 Å². The number of benzene rings is 4. The molecule has 5 rings (SSSR count). The summed E-state index contributed by atoms with van der Waals surface area (Å²) in [4.78, 5) is 13.6. The summed E-state index contributed by atoms with van der Waals surface area (Å²) in [5.41, 5.74) is 7.43. The molecule has 1 aliphatic rings. The number of anilines is 3. The monoisotopic (exact) mass is 555 g/mol. The highest BCUT2D eigenvalue weighted by Crippen LogP contribution is 2.50. The van der Waals surface area contributed by atoms with E-state index in [0.29, 0.717) is 23.2 Å². The first-order chi connectivity index (χ1) is 19.4. The van der Waals surface area contributed by atoms with E-state index in [1.165, 1.54) is 23.3 Å². The van der Waals surface area contributed by atoms with E-state index in [-0.39, 0.29) is 12.0 Å². The summed E-state index contributed by atoms with van der Waals surface area (Å²) in [6, 6.07) is 26.2. The summed E-state index contributed by atoms with van der Waals surface area (Å²) in [6.45, 7) is 11.4. The number of esters is 1. The molecule has 0 radical (unpaired) electrons. The van der Waals surface area contributed by atoms with Crippen LogP contribution in [0, 0.1) is 6.92 Å². The number of carbonyl (C=O) groups excluding carboxylic acids is 1. The fourth-order valence-electron chi connectivity index (χ4n) is 5.53. The van der Waals surface area contributed by atoms with Gasteiger partial charge in [-0.25, -0.2) is 4.79 Å². The van der Waals surface area contributed by atoms with Crippen molar-refractivity contribution in [2.75, 3.05) is 11.5 Å². The number of hydrogen-bond donors (Lipinski definition) is 0. The summed E-state index contributed by atoms with van der Waals surface area (Å²) < 4.78 is 46.8. The van der Waals surface area contributed by atoms with Crippen LogP contribution in [0.5, 0.6) is 0 Å². The van der Waals surface area contributed by atoms with E-state index >= 15 is 0 Å². The normalized spacial score (nSPS) is 13.3. The van der Waals surface area contributed by atoms with Gasteiger partial charge in [0.2, 0.25) is 0 Å². The Morgan fingerprint density at radius 3 is 2.20 bits per heavy atom. The molecule has 0 aliphatic heterocycles. The number of nitrogens with zero attached hydrogens (tertiary/aromatic N) is 1. The first-order valence-corrected chi connectivity index (χ1v) is 13.5. The molecular weight excluding hydrogens is 523 g/mol. The molecule has 0 heterocycles. The van der Waals surface area contributed by atoms with Gasteiger partial charge in [0, 0.05) is 34.5 Å². The lowest BCUT2D eigenvalue weighted by Crippen LogP contribution is -2.17. The zero-order chi connectivity index (χ0) is 29.5. The molecule has 6 heteroatoms. The van der Waals surface area contributed by atoms with Gasteiger partial charge in [0.1, 0.15) is 0 Å². The Morgan fingerprint density at radius 2 is 1.51 bits per heavy atom. The maximum Gasteiger partial charge on any atom is 0.416 e. The average molecular weight is 556 g/mol. The number of hydrogen-bond acceptors (Lipinski definition) is 3. The quantitative estimate of drug-likeness (QED) is 0.168. The van der Waals surface area contributed by atoms with Gasteiger partial charge in [0.15, 0.2) is 0 Å². The van der Waals surface area contributed by atoms with Crippen LogP contribution in [0.2, 0.25) is 0 Å².